The fourth-order valence-electron chi connectivity index (χ4n) is 12.1. The lowest BCUT2D eigenvalue weighted by molar-refractivity contribution is 0.0146. The average molecular weight is 1550 g/mol. The molecule has 4 aliphatic heterocycles. The number of carbonyl (C=O) groups excluding carboxylic acids is 3. The smallest absolute Gasteiger partial charge is 0.410 e. The summed E-state index contributed by atoms with van der Waals surface area (Å²) < 4.78 is 10.7. The lowest BCUT2D eigenvalue weighted by atomic mass is 9.75. The Hall–Kier alpha value is -10.8. The number of nitrogens with zero attached hydrogens (tertiary/aromatic N) is 13. The third-order valence-electron chi connectivity index (χ3n) is 17.9. The molecule has 8 heterocycles. The molecular formula is C87H113BrN14O7. The van der Waals surface area contributed by atoms with Crippen LogP contribution in [0.3, 0.4) is 0 Å². The Bertz CT molecular complexity index is 4130. The Labute approximate surface area is 657 Å². The van der Waals surface area contributed by atoms with Gasteiger partial charge in [-0.3, -0.25) is 14.8 Å². The first kappa shape index (κ1) is 94.3. The van der Waals surface area contributed by atoms with E-state index in [2.05, 4.69) is 124 Å². The van der Waals surface area contributed by atoms with Crippen LogP contribution >= 0.6 is 15.9 Å². The lowest BCUT2D eigenvalue weighted by Gasteiger charge is -2.37. The standard InChI is InChI=1S/C23H21N5O.C18H24N2O2.C13H16N2.C11H18N2O2.C10H7N3O2.C7H7Br.5CH4/c24-16-23(15-18-5-2-1-3-6-18)9-13-28(14-10-23)22(29)19-7-4-11-26-21(19)20-8-12-25-17-27-20;1-17(2,3)22-16(21)20-11-9-18(14-19,10-12-20)13-15-7-5-4-6-8-15;14-11-13(6-8-15-9-7-13)10-12-4-2-1-3-5-12;1-11(2,3)15-10(14)13-6-4-9(8-12)5-7-13;14-10(15)7-2-1-4-12-9(7)8-3-5-11-6-13-8;8-6-7-4-2-1-3-5-7;;;;;/h1-8,11-12,17H,9-10,13-15H2;4-8H,9-13H2,1-3H3;1-5,15H,6-10H2;9H,4-7H2,1-3H3;1-6H,(H,14,15);1-5H,6H2;5*1H4. The Morgan fingerprint density at radius 1 is 0.468 bits per heavy atom. The predicted octanol–water partition coefficient (Wildman–Crippen LogP) is 18.6. The minimum Gasteiger partial charge on any atom is -0.478 e. The SMILES string of the molecule is BrCc1ccccc1.C.C.C.C.C.CC(C)(C)OC(=O)N1CCC(C#N)(Cc2ccccc2)CC1.CC(C)(C)OC(=O)N1CCC(C#N)CC1.N#CC1(Cc2ccccc2)CCN(C(=O)c2cccnc2-c2ccncn2)CC1.N#CC1(Cc2ccccc2)CCNCC1.O=C(O)c1cccnc1-c1ccncn1. The molecule has 3 amide bonds. The quantitative estimate of drug-likeness (QED) is 0.114. The van der Waals surface area contributed by atoms with Crippen LogP contribution in [0.4, 0.5) is 9.59 Å². The van der Waals surface area contributed by atoms with E-state index in [0.29, 0.717) is 99.7 Å². The Morgan fingerprint density at radius 3 is 1.15 bits per heavy atom. The maximum Gasteiger partial charge on any atom is 0.410 e. The van der Waals surface area contributed by atoms with Crippen molar-refractivity contribution in [1.29, 1.82) is 21.0 Å². The van der Waals surface area contributed by atoms with E-state index in [1.54, 1.807) is 58.7 Å². The molecule has 4 saturated heterocycles. The number of piperidine rings is 4. The van der Waals surface area contributed by atoms with Gasteiger partial charge in [-0.15, -0.1) is 0 Å². The summed E-state index contributed by atoms with van der Waals surface area (Å²) in [6.07, 6.45) is 17.1. The number of rotatable bonds is 11. The molecule has 2 N–H and O–H groups in total. The molecular weight excluding hydrogens is 1430 g/mol. The van der Waals surface area contributed by atoms with Gasteiger partial charge < -0.3 is 34.6 Å². The van der Waals surface area contributed by atoms with Crippen LogP contribution < -0.4 is 5.32 Å². The van der Waals surface area contributed by atoms with Crippen LogP contribution in [0, 0.1) is 67.5 Å². The van der Waals surface area contributed by atoms with E-state index in [9.17, 15) is 35.0 Å². The van der Waals surface area contributed by atoms with E-state index in [-0.39, 0.29) is 77.5 Å². The van der Waals surface area contributed by atoms with Crippen molar-refractivity contribution in [3.63, 3.8) is 0 Å². The molecule has 4 aliphatic rings. The highest BCUT2D eigenvalue weighted by Crippen LogP contribution is 2.38. The number of carbonyl (C=O) groups is 4. The fraction of sp³-hybridized carbons (Fsp3) is 0.425. The predicted molar refractivity (Wildman–Crippen MR) is 435 cm³/mol. The third-order valence-corrected chi connectivity index (χ3v) is 18.5. The zero-order valence-corrected chi connectivity index (χ0v) is 61.9. The number of aromatic nitrogens is 6. The van der Waals surface area contributed by atoms with Gasteiger partial charge in [-0.05, 0) is 184 Å². The van der Waals surface area contributed by atoms with Gasteiger partial charge in [0.05, 0.1) is 63.0 Å². The van der Waals surface area contributed by atoms with Gasteiger partial charge in [0.1, 0.15) is 35.2 Å². The number of pyridine rings is 2. The first-order valence-electron chi connectivity index (χ1n) is 35.0. The second kappa shape index (κ2) is 47.1. The van der Waals surface area contributed by atoms with Gasteiger partial charge >= 0.3 is 18.2 Å². The molecule has 4 fully saturated rings. The van der Waals surface area contributed by atoms with Gasteiger partial charge in [0.15, 0.2) is 0 Å². The molecule has 0 radical (unpaired) electrons. The van der Waals surface area contributed by atoms with E-state index in [0.717, 1.165) is 62.5 Å². The number of alkyl halides is 1. The number of amides is 3. The van der Waals surface area contributed by atoms with Gasteiger partial charge in [-0.2, -0.15) is 21.0 Å². The highest BCUT2D eigenvalue weighted by atomic mass is 79.9. The maximum atomic E-state index is 13.2. The van der Waals surface area contributed by atoms with Gasteiger partial charge in [0.25, 0.3) is 5.91 Å². The van der Waals surface area contributed by atoms with Crippen LogP contribution in [0.5, 0.6) is 0 Å². The normalized spacial score (nSPS) is 14.9. The van der Waals surface area contributed by atoms with Crippen molar-refractivity contribution in [3.05, 3.63) is 229 Å². The number of benzene rings is 4. The summed E-state index contributed by atoms with van der Waals surface area (Å²) in [6, 6.07) is 60.5. The molecule has 22 heteroatoms. The van der Waals surface area contributed by atoms with Crippen LogP contribution in [-0.2, 0) is 34.1 Å². The van der Waals surface area contributed by atoms with E-state index in [4.69, 9.17) is 19.8 Å². The number of likely N-dealkylation sites (tertiary alicyclic amines) is 3. The number of carboxylic acid groups (broad SMARTS) is 1. The number of nitriles is 4. The molecule has 109 heavy (non-hydrogen) atoms. The number of halogens is 1. The van der Waals surface area contributed by atoms with Crippen LogP contribution in [0.15, 0.2) is 195 Å². The molecule has 0 atom stereocenters. The summed E-state index contributed by atoms with van der Waals surface area (Å²) in [5.74, 6) is -0.988. The van der Waals surface area contributed by atoms with Gasteiger partial charge in [0, 0.05) is 75.3 Å². The number of nitrogens with one attached hydrogen (secondary N) is 1. The van der Waals surface area contributed by atoms with Crippen LogP contribution in [0.2, 0.25) is 0 Å². The zero-order chi connectivity index (χ0) is 74.9. The minimum absolute atomic E-state index is 0. The summed E-state index contributed by atoms with van der Waals surface area (Å²) >= 11 is 3.36. The summed E-state index contributed by atoms with van der Waals surface area (Å²) in [5, 5.41) is 50.7. The van der Waals surface area contributed by atoms with Crippen molar-refractivity contribution in [1.82, 2.24) is 49.9 Å². The molecule has 0 saturated carbocycles. The highest BCUT2D eigenvalue weighted by molar-refractivity contribution is 9.08. The zero-order valence-electron chi connectivity index (χ0n) is 60.3. The number of carboxylic acids is 1. The van der Waals surface area contributed by atoms with Crippen LogP contribution in [0.1, 0.15) is 173 Å². The van der Waals surface area contributed by atoms with Crippen molar-refractivity contribution >= 4 is 40.0 Å². The molecule has 0 bridgehead atoms. The number of hydrogen-bond acceptors (Lipinski definition) is 17. The first-order chi connectivity index (χ1) is 50.0. The minimum atomic E-state index is -1.02. The van der Waals surface area contributed by atoms with E-state index in [1.165, 1.54) is 41.6 Å². The third kappa shape index (κ3) is 30.8. The Kier molecular flexibility index (Phi) is 40.8. The topological polar surface area (TPSA) is 301 Å². The molecule has 4 aromatic carbocycles. The summed E-state index contributed by atoms with van der Waals surface area (Å²) in [5.41, 5.74) is 5.78. The van der Waals surface area contributed by atoms with Crippen molar-refractivity contribution in [2.75, 3.05) is 52.4 Å². The van der Waals surface area contributed by atoms with Crippen molar-refractivity contribution in [2.45, 2.75) is 166 Å². The van der Waals surface area contributed by atoms with E-state index >= 15 is 0 Å². The number of hydrogen-bond donors (Lipinski definition) is 2. The van der Waals surface area contributed by atoms with Gasteiger partial charge in [-0.1, -0.05) is 174 Å². The molecule has 8 aromatic rings. The first-order valence-corrected chi connectivity index (χ1v) is 36.1. The number of ether oxygens (including phenoxy) is 2. The maximum absolute atomic E-state index is 13.2. The van der Waals surface area contributed by atoms with E-state index in [1.807, 2.05) is 119 Å². The Morgan fingerprint density at radius 2 is 0.817 bits per heavy atom. The second-order valence-corrected chi connectivity index (χ2v) is 28.5. The number of aromatic carboxylic acids is 1. The molecule has 21 nitrogen and oxygen atoms in total. The molecule has 0 spiro atoms. The van der Waals surface area contributed by atoms with Crippen LogP contribution in [0.25, 0.3) is 22.8 Å². The summed E-state index contributed by atoms with van der Waals surface area (Å²) in [6.45, 7) is 16.6. The lowest BCUT2D eigenvalue weighted by Crippen LogP contribution is -2.45. The Balaban J connectivity index is 0.000000456. The average Bonchev–Trinajstić information content (AvgIpc) is 0.786. The highest BCUT2D eigenvalue weighted by Gasteiger charge is 2.39. The molecule has 4 aromatic heterocycles. The second-order valence-electron chi connectivity index (χ2n) is 28.0. The van der Waals surface area contributed by atoms with Crippen molar-refractivity contribution < 1.29 is 33.8 Å². The van der Waals surface area contributed by atoms with Crippen molar-refractivity contribution in [3.8, 4) is 47.1 Å². The van der Waals surface area contributed by atoms with E-state index < -0.39 is 22.6 Å². The fourth-order valence-corrected chi connectivity index (χ4v) is 12.5. The monoisotopic (exact) mass is 1540 g/mol. The molecule has 580 valence electrons. The van der Waals surface area contributed by atoms with Crippen molar-refractivity contribution in [2.24, 2.45) is 22.2 Å². The molecule has 0 unspecified atom stereocenters. The summed E-state index contributed by atoms with van der Waals surface area (Å²) in [7, 11) is 0. The van der Waals surface area contributed by atoms with Gasteiger partial charge in [-0.25, -0.2) is 34.3 Å². The van der Waals surface area contributed by atoms with Crippen LogP contribution in [-0.4, -0.2) is 137 Å². The largest absolute Gasteiger partial charge is 0.478 e. The molecule has 0 aliphatic carbocycles. The molecule has 12 rings (SSSR count). The summed E-state index contributed by atoms with van der Waals surface area (Å²) in [4.78, 5) is 77.3. The van der Waals surface area contributed by atoms with Gasteiger partial charge in [0.2, 0.25) is 0 Å².